The van der Waals surface area contributed by atoms with E-state index in [-0.39, 0.29) is 11.4 Å². The minimum atomic E-state index is -3.86. The summed E-state index contributed by atoms with van der Waals surface area (Å²) in [6, 6.07) is 5.35. The van der Waals surface area contributed by atoms with Gasteiger partial charge in [-0.3, -0.25) is 10.1 Å². The van der Waals surface area contributed by atoms with Gasteiger partial charge in [0.05, 0.1) is 24.7 Å². The highest BCUT2D eigenvalue weighted by Gasteiger charge is 2.24. The highest BCUT2D eigenvalue weighted by atomic mass is 32.2. The van der Waals surface area contributed by atoms with Crippen molar-refractivity contribution < 1.29 is 23.0 Å². The summed E-state index contributed by atoms with van der Waals surface area (Å²) >= 11 is 0. The molecule has 8 nitrogen and oxygen atoms in total. The first-order chi connectivity index (χ1) is 10.5. The van der Waals surface area contributed by atoms with Crippen LogP contribution < -0.4 is 9.62 Å². The van der Waals surface area contributed by atoms with Crippen LogP contribution in [0.1, 0.15) is 6.42 Å². The predicted molar refractivity (Wildman–Crippen MR) is 79.3 cm³/mol. The Morgan fingerprint density at radius 3 is 2.64 bits per heavy atom. The number of hydrogen-bond donors (Lipinski definition) is 2. The summed E-state index contributed by atoms with van der Waals surface area (Å²) in [4.78, 5) is 11.3. The van der Waals surface area contributed by atoms with E-state index in [1.54, 1.807) is 0 Å². The maximum atomic E-state index is 12.2. The molecule has 0 aromatic heterocycles. The van der Waals surface area contributed by atoms with Crippen molar-refractivity contribution in [2.75, 3.05) is 39.4 Å². The molecule has 0 bridgehead atoms. The molecule has 0 radical (unpaired) electrons. The smallest absolute Gasteiger partial charge is 0.289 e. The first-order valence-electron chi connectivity index (χ1n) is 7.15. The number of benzene rings is 1. The average Bonchev–Trinajstić information content (AvgIpc) is 2.52. The van der Waals surface area contributed by atoms with Gasteiger partial charge in [0.15, 0.2) is 4.90 Å². The third kappa shape index (κ3) is 4.47. The molecule has 0 atom stereocenters. The van der Waals surface area contributed by atoms with Gasteiger partial charge in [-0.25, -0.2) is 13.1 Å². The fraction of sp³-hybridized carbons (Fsp3) is 0.538. The molecule has 1 aliphatic heterocycles. The fourth-order valence-corrected chi connectivity index (χ4v) is 3.61. The molecule has 1 heterocycles. The van der Waals surface area contributed by atoms with Gasteiger partial charge in [-0.2, -0.15) is 0 Å². The summed E-state index contributed by atoms with van der Waals surface area (Å²) in [7, 11) is -3.86. The molecule has 9 heteroatoms. The minimum absolute atomic E-state index is 0.263. The van der Waals surface area contributed by atoms with E-state index in [9.17, 15) is 18.5 Å². The second-order valence-corrected chi connectivity index (χ2v) is 6.82. The predicted octanol–water partition coefficient (Wildman–Crippen LogP) is -0.822. The maximum absolute atomic E-state index is 12.2. The van der Waals surface area contributed by atoms with Crippen molar-refractivity contribution in [2.45, 2.75) is 11.3 Å². The Labute approximate surface area is 129 Å². The zero-order chi connectivity index (χ0) is 16.0. The van der Waals surface area contributed by atoms with E-state index in [0.717, 1.165) is 32.8 Å². The van der Waals surface area contributed by atoms with E-state index in [1.165, 1.54) is 29.2 Å². The quantitative estimate of drug-likeness (QED) is 0.386. The van der Waals surface area contributed by atoms with E-state index in [4.69, 9.17) is 4.74 Å². The lowest BCUT2D eigenvalue weighted by molar-refractivity contribution is -0.908. The van der Waals surface area contributed by atoms with E-state index < -0.39 is 20.6 Å². The van der Waals surface area contributed by atoms with E-state index in [1.807, 2.05) is 0 Å². The Hall–Kier alpha value is -1.55. The van der Waals surface area contributed by atoms with Crippen LogP contribution >= 0.6 is 0 Å². The van der Waals surface area contributed by atoms with Crippen LogP contribution in [-0.2, 0) is 14.8 Å². The van der Waals surface area contributed by atoms with Crippen LogP contribution in [0.4, 0.5) is 5.69 Å². The average molecular weight is 330 g/mol. The van der Waals surface area contributed by atoms with Crippen LogP contribution in [0, 0.1) is 10.1 Å². The maximum Gasteiger partial charge on any atom is 0.289 e. The lowest BCUT2D eigenvalue weighted by Crippen LogP contribution is -3.14. The number of morpholine rings is 1. The Balaban J connectivity index is 1.90. The summed E-state index contributed by atoms with van der Waals surface area (Å²) < 4.78 is 32.0. The Bertz CT molecular complexity index is 614. The van der Waals surface area contributed by atoms with E-state index in [0.29, 0.717) is 6.42 Å². The molecule has 0 aliphatic carbocycles. The Kier molecular flexibility index (Phi) is 5.83. The molecule has 122 valence electrons. The molecule has 2 N–H and O–H groups in total. The van der Waals surface area contributed by atoms with Gasteiger partial charge in [0, 0.05) is 19.0 Å². The lowest BCUT2D eigenvalue weighted by Gasteiger charge is -2.23. The number of hydrogen-bond acceptors (Lipinski definition) is 5. The number of nitrogens with zero attached hydrogens (tertiary/aromatic N) is 1. The minimum Gasteiger partial charge on any atom is -0.370 e. The topological polar surface area (TPSA) is 103 Å². The largest absolute Gasteiger partial charge is 0.370 e. The van der Waals surface area contributed by atoms with Gasteiger partial charge in [0.25, 0.3) is 5.69 Å². The summed E-state index contributed by atoms with van der Waals surface area (Å²) in [6.07, 6.45) is 0.676. The SMILES string of the molecule is O=[N+]([O-])c1ccccc1S(=O)(=O)NCCC[NH+]1CCOCC1. The number of ether oxygens (including phenoxy) is 1. The molecular formula is C13H20N3O5S+. The van der Waals surface area contributed by atoms with E-state index in [2.05, 4.69) is 4.72 Å². The molecule has 1 aliphatic rings. The molecule has 0 amide bonds. The van der Waals surface area contributed by atoms with E-state index >= 15 is 0 Å². The molecule has 0 unspecified atom stereocenters. The highest BCUT2D eigenvalue weighted by Crippen LogP contribution is 2.22. The number of nitro benzene ring substituents is 1. The first-order valence-corrected chi connectivity index (χ1v) is 8.63. The molecule has 2 rings (SSSR count). The lowest BCUT2D eigenvalue weighted by atomic mass is 10.3. The normalized spacial score (nSPS) is 16.5. The highest BCUT2D eigenvalue weighted by molar-refractivity contribution is 7.89. The van der Waals surface area contributed by atoms with Crippen LogP contribution in [0.2, 0.25) is 0 Å². The van der Waals surface area contributed by atoms with Crippen molar-refractivity contribution in [3.05, 3.63) is 34.4 Å². The van der Waals surface area contributed by atoms with Gasteiger partial charge in [0.2, 0.25) is 10.0 Å². The monoisotopic (exact) mass is 330 g/mol. The third-order valence-corrected chi connectivity index (χ3v) is 5.06. The van der Waals surface area contributed by atoms with Crippen LogP contribution in [-0.4, -0.2) is 52.7 Å². The molecule has 1 fully saturated rings. The van der Waals surface area contributed by atoms with Gasteiger partial charge in [-0.1, -0.05) is 12.1 Å². The molecule has 1 aromatic rings. The van der Waals surface area contributed by atoms with Gasteiger partial charge in [-0.05, 0) is 6.07 Å². The van der Waals surface area contributed by atoms with Crippen molar-refractivity contribution in [2.24, 2.45) is 0 Å². The zero-order valence-electron chi connectivity index (χ0n) is 12.2. The van der Waals surface area contributed by atoms with Crippen molar-refractivity contribution in [3.63, 3.8) is 0 Å². The Morgan fingerprint density at radius 2 is 1.95 bits per heavy atom. The first kappa shape index (κ1) is 16.8. The van der Waals surface area contributed by atoms with Crippen LogP contribution in [0.15, 0.2) is 29.2 Å². The molecule has 22 heavy (non-hydrogen) atoms. The van der Waals surface area contributed by atoms with Crippen LogP contribution in [0.3, 0.4) is 0 Å². The van der Waals surface area contributed by atoms with Gasteiger partial charge in [-0.15, -0.1) is 0 Å². The van der Waals surface area contributed by atoms with Gasteiger partial charge >= 0.3 is 0 Å². The number of sulfonamides is 1. The van der Waals surface area contributed by atoms with Crippen molar-refractivity contribution >= 4 is 15.7 Å². The van der Waals surface area contributed by atoms with Crippen LogP contribution in [0.25, 0.3) is 0 Å². The molecule has 1 aromatic carbocycles. The number of nitro groups is 1. The van der Waals surface area contributed by atoms with Crippen molar-refractivity contribution in [1.82, 2.24) is 4.72 Å². The molecule has 1 saturated heterocycles. The molecular weight excluding hydrogens is 310 g/mol. The number of nitrogens with one attached hydrogen (secondary N) is 2. The second-order valence-electron chi connectivity index (χ2n) is 5.09. The Morgan fingerprint density at radius 1 is 1.27 bits per heavy atom. The summed E-state index contributed by atoms with van der Waals surface area (Å²) in [5.74, 6) is 0. The summed E-state index contributed by atoms with van der Waals surface area (Å²) in [5.41, 5.74) is -0.409. The summed E-state index contributed by atoms with van der Waals surface area (Å²) in [6.45, 7) is 4.43. The summed E-state index contributed by atoms with van der Waals surface area (Å²) in [5, 5.41) is 10.9. The van der Waals surface area contributed by atoms with Crippen molar-refractivity contribution in [3.8, 4) is 0 Å². The molecule has 0 spiro atoms. The number of quaternary nitrogens is 1. The number of rotatable bonds is 7. The zero-order valence-corrected chi connectivity index (χ0v) is 13.0. The van der Waals surface area contributed by atoms with Crippen molar-refractivity contribution in [1.29, 1.82) is 0 Å². The third-order valence-electron chi connectivity index (χ3n) is 3.55. The second kappa shape index (κ2) is 7.63. The fourth-order valence-electron chi connectivity index (χ4n) is 2.37. The van der Waals surface area contributed by atoms with Gasteiger partial charge < -0.3 is 9.64 Å². The van der Waals surface area contributed by atoms with Gasteiger partial charge in [0.1, 0.15) is 13.1 Å². The standard InChI is InChI=1S/C13H19N3O5S/c17-16(18)12-4-1-2-5-13(12)22(19,20)14-6-3-7-15-8-10-21-11-9-15/h1-2,4-5,14H,3,6-11H2/p+1. The van der Waals surface area contributed by atoms with Crippen LogP contribution in [0.5, 0.6) is 0 Å². The number of para-hydroxylation sites is 1. The molecule has 0 saturated carbocycles.